The predicted molar refractivity (Wildman–Crippen MR) is 113 cm³/mol. The van der Waals surface area contributed by atoms with Gasteiger partial charge in [0.05, 0.1) is 11.8 Å². The lowest BCUT2D eigenvalue weighted by Crippen LogP contribution is -2.54. The Hall–Kier alpha value is -2.81. The molecule has 3 aromatic carbocycles. The standard InChI is InChI=1S/C25H24N2O/c1-6-14-25(15-7-1)27-23(21-10-4-5-11-24(21)28-25)17-22(26-27)20-13-12-18-8-2-3-9-19(18)16-20/h2-5,8-13,16,23H,1,6-7,14-15,17H2/t23-/m0/s1. The topological polar surface area (TPSA) is 24.8 Å². The maximum Gasteiger partial charge on any atom is 0.198 e. The Bertz CT molecular complexity index is 1080. The van der Waals surface area contributed by atoms with Crippen LogP contribution in [0.2, 0.25) is 0 Å². The van der Waals surface area contributed by atoms with Crippen LogP contribution in [0, 0.1) is 0 Å². The number of benzene rings is 3. The van der Waals surface area contributed by atoms with Crippen molar-refractivity contribution in [1.82, 2.24) is 5.01 Å². The van der Waals surface area contributed by atoms with Crippen molar-refractivity contribution in [3.63, 3.8) is 0 Å². The van der Waals surface area contributed by atoms with Gasteiger partial charge in [0.15, 0.2) is 5.72 Å². The molecule has 0 saturated heterocycles. The van der Waals surface area contributed by atoms with E-state index in [-0.39, 0.29) is 11.8 Å². The van der Waals surface area contributed by atoms with Crippen molar-refractivity contribution >= 4 is 16.5 Å². The van der Waals surface area contributed by atoms with Crippen LogP contribution in [-0.4, -0.2) is 16.4 Å². The monoisotopic (exact) mass is 368 g/mol. The van der Waals surface area contributed by atoms with Gasteiger partial charge in [-0.2, -0.15) is 5.10 Å². The van der Waals surface area contributed by atoms with Gasteiger partial charge in [-0.15, -0.1) is 0 Å². The molecule has 0 N–H and O–H groups in total. The Morgan fingerprint density at radius 1 is 0.857 bits per heavy atom. The third-order valence-corrected chi connectivity index (χ3v) is 6.62. The first kappa shape index (κ1) is 16.2. The highest BCUT2D eigenvalue weighted by Gasteiger charge is 2.50. The first-order valence-electron chi connectivity index (χ1n) is 10.5. The molecule has 1 fully saturated rings. The molecule has 0 aromatic heterocycles. The summed E-state index contributed by atoms with van der Waals surface area (Å²) in [6, 6.07) is 24.1. The van der Waals surface area contributed by atoms with E-state index in [4.69, 9.17) is 9.84 Å². The Morgan fingerprint density at radius 3 is 2.54 bits per heavy atom. The van der Waals surface area contributed by atoms with E-state index in [2.05, 4.69) is 71.7 Å². The molecule has 0 unspecified atom stereocenters. The van der Waals surface area contributed by atoms with Gasteiger partial charge >= 0.3 is 0 Å². The Labute approximate surface area is 165 Å². The van der Waals surface area contributed by atoms with Gasteiger partial charge in [-0.3, -0.25) is 0 Å². The lowest BCUT2D eigenvalue weighted by Gasteiger charge is -2.49. The van der Waals surface area contributed by atoms with Gasteiger partial charge in [-0.1, -0.05) is 61.0 Å². The van der Waals surface area contributed by atoms with Crippen molar-refractivity contribution < 1.29 is 4.74 Å². The first-order chi connectivity index (χ1) is 13.8. The van der Waals surface area contributed by atoms with Crippen LogP contribution in [-0.2, 0) is 0 Å². The number of hydrazone groups is 1. The Kier molecular flexibility index (Phi) is 3.52. The van der Waals surface area contributed by atoms with E-state index in [1.165, 1.54) is 46.9 Å². The largest absolute Gasteiger partial charge is 0.466 e. The predicted octanol–water partition coefficient (Wildman–Crippen LogP) is 6.04. The second-order valence-electron chi connectivity index (χ2n) is 8.32. The van der Waals surface area contributed by atoms with Crippen molar-refractivity contribution in [3.05, 3.63) is 77.9 Å². The van der Waals surface area contributed by atoms with E-state index >= 15 is 0 Å². The van der Waals surface area contributed by atoms with E-state index in [1.807, 2.05) is 0 Å². The summed E-state index contributed by atoms with van der Waals surface area (Å²) >= 11 is 0. The van der Waals surface area contributed by atoms with Crippen LogP contribution in [0.25, 0.3) is 10.8 Å². The van der Waals surface area contributed by atoms with Gasteiger partial charge in [0, 0.05) is 24.8 Å². The number of hydrogen-bond acceptors (Lipinski definition) is 3. The van der Waals surface area contributed by atoms with Crippen LogP contribution >= 0.6 is 0 Å². The normalized spacial score (nSPS) is 22.5. The average molecular weight is 368 g/mol. The van der Waals surface area contributed by atoms with E-state index in [9.17, 15) is 0 Å². The summed E-state index contributed by atoms with van der Waals surface area (Å²) in [6.45, 7) is 0. The zero-order valence-corrected chi connectivity index (χ0v) is 16.0. The molecule has 0 radical (unpaired) electrons. The molecule has 1 spiro atoms. The molecule has 0 bridgehead atoms. The van der Waals surface area contributed by atoms with Crippen molar-refractivity contribution in [3.8, 4) is 5.75 Å². The molecule has 3 aromatic rings. The lowest BCUT2D eigenvalue weighted by molar-refractivity contribution is -0.140. The van der Waals surface area contributed by atoms with Crippen LogP contribution in [0.5, 0.6) is 5.75 Å². The number of hydrogen-bond donors (Lipinski definition) is 0. The van der Waals surface area contributed by atoms with E-state index < -0.39 is 0 Å². The average Bonchev–Trinajstić information content (AvgIpc) is 3.21. The third-order valence-electron chi connectivity index (χ3n) is 6.62. The van der Waals surface area contributed by atoms with Gasteiger partial charge in [-0.25, -0.2) is 5.01 Å². The summed E-state index contributed by atoms with van der Waals surface area (Å²) in [4.78, 5) is 0. The summed E-state index contributed by atoms with van der Waals surface area (Å²) < 4.78 is 6.65. The van der Waals surface area contributed by atoms with Crippen LogP contribution in [0.4, 0.5) is 0 Å². The van der Waals surface area contributed by atoms with Gasteiger partial charge in [-0.05, 0) is 41.3 Å². The van der Waals surface area contributed by atoms with Crippen molar-refractivity contribution in [2.24, 2.45) is 5.10 Å². The minimum absolute atomic E-state index is 0.268. The fraction of sp³-hybridized carbons (Fsp3) is 0.320. The first-order valence-corrected chi connectivity index (χ1v) is 10.5. The highest BCUT2D eigenvalue weighted by atomic mass is 16.5. The summed E-state index contributed by atoms with van der Waals surface area (Å²) in [7, 11) is 0. The fourth-order valence-electron chi connectivity index (χ4n) is 5.21. The number of para-hydroxylation sites is 1. The molecule has 0 amide bonds. The molecule has 1 saturated carbocycles. The molecular formula is C25H24N2O. The molecule has 1 atom stereocenters. The van der Waals surface area contributed by atoms with Crippen LogP contribution in [0.3, 0.4) is 0 Å². The van der Waals surface area contributed by atoms with Gasteiger partial charge in [0.25, 0.3) is 0 Å². The second kappa shape index (κ2) is 6.10. The van der Waals surface area contributed by atoms with Gasteiger partial charge in [0.2, 0.25) is 0 Å². The minimum Gasteiger partial charge on any atom is -0.466 e. The maximum atomic E-state index is 6.65. The lowest BCUT2D eigenvalue weighted by atomic mass is 9.86. The van der Waals surface area contributed by atoms with Crippen LogP contribution in [0.15, 0.2) is 71.8 Å². The highest BCUT2D eigenvalue weighted by molar-refractivity contribution is 6.04. The molecule has 2 aliphatic heterocycles. The highest BCUT2D eigenvalue weighted by Crippen LogP contribution is 2.51. The molecule has 3 nitrogen and oxygen atoms in total. The molecule has 28 heavy (non-hydrogen) atoms. The van der Waals surface area contributed by atoms with Crippen molar-refractivity contribution in [2.45, 2.75) is 50.3 Å². The summed E-state index contributed by atoms with van der Waals surface area (Å²) in [5.41, 5.74) is 3.42. The molecule has 6 rings (SSSR count). The molecule has 3 aliphatic rings. The van der Waals surface area contributed by atoms with Gasteiger partial charge in [0.1, 0.15) is 5.75 Å². The summed E-state index contributed by atoms with van der Waals surface area (Å²) in [6.07, 6.45) is 6.80. The SMILES string of the molecule is c1ccc2c(c1)OC1(CCCCC1)N1N=C(c3ccc4ccccc4c3)C[C@@H]21. The van der Waals surface area contributed by atoms with E-state index in [0.29, 0.717) is 0 Å². The number of nitrogens with zero attached hydrogens (tertiary/aromatic N) is 2. The zero-order valence-electron chi connectivity index (χ0n) is 16.0. The second-order valence-corrected chi connectivity index (χ2v) is 8.32. The summed E-state index contributed by atoms with van der Waals surface area (Å²) in [5, 5.41) is 10.1. The molecule has 1 aliphatic carbocycles. The van der Waals surface area contributed by atoms with E-state index in [1.54, 1.807) is 0 Å². The zero-order chi connectivity index (χ0) is 18.6. The van der Waals surface area contributed by atoms with Crippen LogP contribution in [0.1, 0.15) is 55.7 Å². The Morgan fingerprint density at radius 2 is 1.64 bits per heavy atom. The molecule has 140 valence electrons. The smallest absolute Gasteiger partial charge is 0.198 e. The van der Waals surface area contributed by atoms with Crippen molar-refractivity contribution in [1.29, 1.82) is 0 Å². The Balaban J connectivity index is 1.45. The van der Waals surface area contributed by atoms with Crippen molar-refractivity contribution in [2.75, 3.05) is 0 Å². The minimum atomic E-state index is -0.268. The maximum absolute atomic E-state index is 6.65. The van der Waals surface area contributed by atoms with E-state index in [0.717, 1.165) is 25.0 Å². The third kappa shape index (κ3) is 2.39. The molecular weight excluding hydrogens is 344 g/mol. The van der Waals surface area contributed by atoms with Crippen LogP contribution < -0.4 is 4.74 Å². The number of ether oxygens (including phenoxy) is 1. The fourth-order valence-corrected chi connectivity index (χ4v) is 5.21. The molecule has 2 heterocycles. The number of fused-ring (bicyclic) bond motifs is 5. The number of rotatable bonds is 1. The summed E-state index contributed by atoms with van der Waals surface area (Å²) in [5.74, 6) is 1.06. The quantitative estimate of drug-likeness (QED) is 0.523. The molecule has 3 heteroatoms. The van der Waals surface area contributed by atoms with Gasteiger partial charge < -0.3 is 4.74 Å².